The highest BCUT2D eigenvalue weighted by Gasteiger charge is 2.31. The minimum atomic E-state index is -0.589. The van der Waals surface area contributed by atoms with E-state index in [9.17, 15) is 4.79 Å². The summed E-state index contributed by atoms with van der Waals surface area (Å²) in [7, 11) is 0. The van der Waals surface area contributed by atoms with E-state index in [1.807, 2.05) is 19.1 Å². The molecule has 1 aromatic carbocycles. The second-order valence-electron chi connectivity index (χ2n) is 8.25. The summed E-state index contributed by atoms with van der Waals surface area (Å²) in [4.78, 5) is 20.5. The van der Waals surface area contributed by atoms with Gasteiger partial charge in [0.05, 0.1) is 13.2 Å². The SMILES string of the molecule is CCCCOc1nc(N)c2c(c1F)N(Cc1cccc(CN3CCCC3)c1)CC(=O)N2. The van der Waals surface area contributed by atoms with Crippen molar-refractivity contribution in [3.8, 4) is 5.88 Å². The number of hydrogen-bond donors (Lipinski definition) is 2. The van der Waals surface area contributed by atoms with Crippen LogP contribution in [0.5, 0.6) is 5.88 Å². The summed E-state index contributed by atoms with van der Waals surface area (Å²) >= 11 is 0. The third kappa shape index (κ3) is 4.90. The molecule has 0 aliphatic carbocycles. The zero-order valence-electron chi connectivity index (χ0n) is 18.0. The number of unbranched alkanes of at least 4 members (excludes halogenated alkanes) is 1. The molecule has 1 fully saturated rings. The average molecular weight is 428 g/mol. The van der Waals surface area contributed by atoms with Crippen LogP contribution in [0.2, 0.25) is 0 Å². The number of benzene rings is 1. The lowest BCUT2D eigenvalue weighted by Gasteiger charge is -2.32. The first-order chi connectivity index (χ1) is 15.0. The Labute approximate surface area is 182 Å². The molecule has 1 aromatic heterocycles. The molecular formula is C23H30FN5O2. The Balaban J connectivity index is 1.59. The standard InChI is InChI=1S/C23H30FN5O2/c1-2-3-11-31-23-19(24)21-20(22(25)27-23)26-18(30)15-29(21)14-17-8-6-7-16(12-17)13-28-9-4-5-10-28/h6-8,12H,2-5,9-11,13-15H2,1H3,(H2,25,27)(H,26,30). The number of carbonyl (C=O) groups is 1. The van der Waals surface area contributed by atoms with Crippen LogP contribution in [0.25, 0.3) is 0 Å². The molecule has 7 nitrogen and oxygen atoms in total. The number of hydrogen-bond acceptors (Lipinski definition) is 6. The van der Waals surface area contributed by atoms with Gasteiger partial charge in [0.1, 0.15) is 11.4 Å². The van der Waals surface area contributed by atoms with Gasteiger partial charge in [0, 0.05) is 13.1 Å². The molecule has 1 amide bonds. The number of nitrogens with zero attached hydrogens (tertiary/aromatic N) is 3. The van der Waals surface area contributed by atoms with Gasteiger partial charge < -0.3 is 20.7 Å². The monoisotopic (exact) mass is 427 g/mol. The Morgan fingerprint density at radius 2 is 1.97 bits per heavy atom. The van der Waals surface area contributed by atoms with Crippen LogP contribution < -0.4 is 20.7 Å². The molecule has 0 saturated carbocycles. The Bertz CT molecular complexity index is 946. The van der Waals surface area contributed by atoms with Gasteiger partial charge in [0.15, 0.2) is 5.82 Å². The van der Waals surface area contributed by atoms with Crippen LogP contribution >= 0.6 is 0 Å². The van der Waals surface area contributed by atoms with Crippen LogP contribution in [-0.4, -0.2) is 42.0 Å². The van der Waals surface area contributed by atoms with E-state index in [0.29, 0.717) is 13.2 Å². The number of nitrogens with one attached hydrogen (secondary N) is 1. The van der Waals surface area contributed by atoms with Crippen LogP contribution in [0.3, 0.4) is 0 Å². The Morgan fingerprint density at radius 3 is 2.71 bits per heavy atom. The number of likely N-dealkylation sites (tertiary alicyclic amines) is 1. The summed E-state index contributed by atoms with van der Waals surface area (Å²) in [5, 5.41) is 2.67. The van der Waals surface area contributed by atoms with Crippen molar-refractivity contribution in [1.82, 2.24) is 9.88 Å². The lowest BCUT2D eigenvalue weighted by molar-refractivity contribution is -0.115. The third-order valence-corrected chi connectivity index (χ3v) is 5.73. The molecule has 3 N–H and O–H groups in total. The van der Waals surface area contributed by atoms with E-state index in [0.717, 1.165) is 38.0 Å². The van der Waals surface area contributed by atoms with Crippen molar-refractivity contribution in [3.05, 3.63) is 41.2 Å². The predicted molar refractivity (Wildman–Crippen MR) is 120 cm³/mol. The lowest BCUT2D eigenvalue weighted by Crippen LogP contribution is -2.39. The maximum absolute atomic E-state index is 15.3. The van der Waals surface area contributed by atoms with Gasteiger partial charge >= 0.3 is 0 Å². The molecule has 0 unspecified atom stereocenters. The van der Waals surface area contributed by atoms with E-state index in [4.69, 9.17) is 10.5 Å². The topological polar surface area (TPSA) is 83.7 Å². The summed E-state index contributed by atoms with van der Waals surface area (Å²) in [6, 6.07) is 8.26. The number of ether oxygens (including phenoxy) is 1. The predicted octanol–water partition coefficient (Wildman–Crippen LogP) is 3.54. The van der Waals surface area contributed by atoms with Crippen LogP contribution in [0.15, 0.2) is 24.3 Å². The summed E-state index contributed by atoms with van der Waals surface area (Å²) in [5.74, 6) is -0.890. The van der Waals surface area contributed by atoms with Crippen LogP contribution in [0.1, 0.15) is 43.7 Å². The number of carbonyl (C=O) groups excluding carboxylic acids is 1. The quantitative estimate of drug-likeness (QED) is 0.627. The van der Waals surface area contributed by atoms with Gasteiger partial charge in [-0.05, 0) is 43.5 Å². The van der Waals surface area contributed by atoms with E-state index in [1.165, 1.54) is 18.4 Å². The number of fused-ring (bicyclic) bond motifs is 1. The zero-order valence-corrected chi connectivity index (χ0v) is 18.0. The van der Waals surface area contributed by atoms with Gasteiger partial charge in [0.25, 0.3) is 5.88 Å². The van der Waals surface area contributed by atoms with Gasteiger partial charge in [-0.3, -0.25) is 9.69 Å². The number of amides is 1. The number of nitrogen functional groups attached to an aromatic ring is 1. The molecule has 0 spiro atoms. The smallest absolute Gasteiger partial charge is 0.254 e. The minimum Gasteiger partial charge on any atom is -0.475 e. The fourth-order valence-corrected chi connectivity index (χ4v) is 4.19. The first kappa shape index (κ1) is 21.4. The second-order valence-corrected chi connectivity index (χ2v) is 8.25. The van der Waals surface area contributed by atoms with Gasteiger partial charge in [-0.15, -0.1) is 0 Å². The molecule has 166 valence electrons. The number of pyridine rings is 1. The number of halogens is 1. The Morgan fingerprint density at radius 1 is 1.23 bits per heavy atom. The number of aromatic nitrogens is 1. The molecule has 8 heteroatoms. The zero-order chi connectivity index (χ0) is 21.8. The molecular weight excluding hydrogens is 397 g/mol. The highest BCUT2D eigenvalue weighted by Crippen LogP contribution is 2.40. The largest absolute Gasteiger partial charge is 0.475 e. The van der Waals surface area contributed by atoms with E-state index in [-0.39, 0.29) is 35.5 Å². The molecule has 1 saturated heterocycles. The molecule has 2 aliphatic rings. The first-order valence-corrected chi connectivity index (χ1v) is 11.0. The minimum absolute atomic E-state index is 0.0398. The van der Waals surface area contributed by atoms with Crippen molar-refractivity contribution in [1.29, 1.82) is 0 Å². The summed E-state index contributed by atoms with van der Waals surface area (Å²) < 4.78 is 20.9. The van der Waals surface area contributed by atoms with Crippen molar-refractivity contribution >= 4 is 23.1 Å². The molecule has 0 radical (unpaired) electrons. The normalized spacial score (nSPS) is 16.3. The Kier molecular flexibility index (Phi) is 6.56. The average Bonchev–Trinajstić information content (AvgIpc) is 3.25. The van der Waals surface area contributed by atoms with Crippen molar-refractivity contribution in [2.75, 3.05) is 42.2 Å². The van der Waals surface area contributed by atoms with Gasteiger partial charge in [-0.2, -0.15) is 9.37 Å². The molecule has 3 heterocycles. The lowest BCUT2D eigenvalue weighted by atomic mass is 10.1. The molecule has 4 rings (SSSR count). The summed E-state index contributed by atoms with van der Waals surface area (Å²) in [6.07, 6.45) is 4.22. The number of anilines is 3. The third-order valence-electron chi connectivity index (χ3n) is 5.73. The van der Waals surface area contributed by atoms with Crippen molar-refractivity contribution in [3.63, 3.8) is 0 Å². The first-order valence-electron chi connectivity index (χ1n) is 11.0. The van der Waals surface area contributed by atoms with Gasteiger partial charge in [0.2, 0.25) is 11.7 Å². The van der Waals surface area contributed by atoms with E-state index >= 15 is 4.39 Å². The second kappa shape index (κ2) is 9.51. The highest BCUT2D eigenvalue weighted by molar-refractivity contribution is 6.04. The number of rotatable bonds is 8. The molecule has 2 aliphatic heterocycles. The summed E-state index contributed by atoms with van der Waals surface area (Å²) in [6.45, 7) is 5.99. The summed E-state index contributed by atoms with van der Waals surface area (Å²) in [5.41, 5.74) is 8.73. The fraction of sp³-hybridized carbons (Fsp3) is 0.478. The van der Waals surface area contributed by atoms with Crippen molar-refractivity contribution in [2.24, 2.45) is 0 Å². The number of nitrogens with two attached hydrogens (primary N) is 1. The maximum Gasteiger partial charge on any atom is 0.254 e. The van der Waals surface area contributed by atoms with Crippen LogP contribution in [0.4, 0.5) is 21.6 Å². The fourth-order valence-electron chi connectivity index (χ4n) is 4.19. The van der Waals surface area contributed by atoms with E-state index in [2.05, 4.69) is 27.3 Å². The van der Waals surface area contributed by atoms with Crippen LogP contribution in [0, 0.1) is 5.82 Å². The van der Waals surface area contributed by atoms with Crippen molar-refractivity contribution in [2.45, 2.75) is 45.7 Å². The van der Waals surface area contributed by atoms with Gasteiger partial charge in [-0.25, -0.2) is 0 Å². The van der Waals surface area contributed by atoms with E-state index in [1.54, 1.807) is 4.90 Å². The van der Waals surface area contributed by atoms with Gasteiger partial charge in [-0.1, -0.05) is 37.6 Å². The van der Waals surface area contributed by atoms with Crippen LogP contribution in [-0.2, 0) is 17.9 Å². The molecule has 0 atom stereocenters. The van der Waals surface area contributed by atoms with Crippen molar-refractivity contribution < 1.29 is 13.9 Å². The molecule has 2 aromatic rings. The van der Waals surface area contributed by atoms with E-state index < -0.39 is 5.82 Å². The maximum atomic E-state index is 15.3. The molecule has 0 bridgehead atoms. The Hall–Kier alpha value is -2.87. The molecule has 31 heavy (non-hydrogen) atoms. The highest BCUT2D eigenvalue weighted by atomic mass is 19.1.